The van der Waals surface area contributed by atoms with Gasteiger partial charge in [0.15, 0.2) is 0 Å². The second-order valence-corrected chi connectivity index (χ2v) is 8.69. The van der Waals surface area contributed by atoms with Crippen molar-refractivity contribution in [2.24, 2.45) is 5.73 Å². The molecule has 0 spiro atoms. The number of aryl methyl sites for hydroxylation is 1. The Morgan fingerprint density at radius 3 is 2.65 bits per heavy atom. The van der Waals surface area contributed by atoms with Crippen LogP contribution in [0.2, 0.25) is 0 Å². The Balaban J connectivity index is 1.33. The Hall–Kier alpha value is -3.73. The van der Waals surface area contributed by atoms with Crippen LogP contribution in [-0.2, 0) is 16.1 Å². The lowest BCUT2D eigenvalue weighted by Crippen LogP contribution is -2.48. The predicted molar refractivity (Wildman–Crippen MR) is 128 cm³/mol. The highest BCUT2D eigenvalue weighted by Crippen LogP contribution is 2.31. The molecule has 2 aliphatic heterocycles. The monoisotopic (exact) mass is 466 g/mol. The van der Waals surface area contributed by atoms with Gasteiger partial charge in [-0.05, 0) is 31.4 Å². The first-order valence-electron chi connectivity index (χ1n) is 11.3. The van der Waals surface area contributed by atoms with E-state index in [1.165, 1.54) is 4.90 Å². The maximum Gasteiger partial charge on any atom is 0.330 e. The molecule has 4 amide bonds. The topological polar surface area (TPSA) is 137 Å². The van der Waals surface area contributed by atoms with Crippen molar-refractivity contribution in [2.45, 2.75) is 32.4 Å². The summed E-state index contributed by atoms with van der Waals surface area (Å²) < 4.78 is 0. The van der Waals surface area contributed by atoms with E-state index in [1.807, 2.05) is 36.1 Å². The van der Waals surface area contributed by atoms with E-state index in [-0.39, 0.29) is 42.9 Å². The first-order chi connectivity index (χ1) is 16.3. The predicted octanol–water partition coefficient (Wildman–Crippen LogP) is 0.839. The van der Waals surface area contributed by atoms with Gasteiger partial charge in [0.05, 0.1) is 19.6 Å². The van der Waals surface area contributed by atoms with E-state index >= 15 is 0 Å². The third-order valence-electron chi connectivity index (χ3n) is 6.15. The van der Waals surface area contributed by atoms with Crippen LogP contribution in [0.25, 0.3) is 0 Å². The zero-order valence-electron chi connectivity index (χ0n) is 19.5. The normalized spacial score (nSPS) is 16.8. The maximum atomic E-state index is 13.0. The van der Waals surface area contributed by atoms with Gasteiger partial charge in [-0.3, -0.25) is 24.3 Å². The molecule has 1 saturated heterocycles. The van der Waals surface area contributed by atoms with Crippen molar-refractivity contribution in [3.05, 3.63) is 41.6 Å². The molecule has 2 aromatic rings. The third-order valence-corrected chi connectivity index (χ3v) is 6.15. The van der Waals surface area contributed by atoms with E-state index in [0.29, 0.717) is 12.4 Å². The molecule has 0 unspecified atom stereocenters. The van der Waals surface area contributed by atoms with Gasteiger partial charge in [-0.1, -0.05) is 18.2 Å². The van der Waals surface area contributed by atoms with E-state index in [4.69, 9.17) is 5.73 Å². The molecule has 2 aliphatic rings. The molecule has 0 atom stereocenters. The fraction of sp³-hybridized carbons (Fsp3) is 0.435. The number of nitrogens with two attached hydrogens (primary N) is 1. The molecule has 0 radical (unpaired) electrons. The quantitative estimate of drug-likeness (QED) is 0.550. The first kappa shape index (κ1) is 23.4. The van der Waals surface area contributed by atoms with Gasteiger partial charge in [0.2, 0.25) is 17.8 Å². The second kappa shape index (κ2) is 10.0. The SMILES string of the molecule is Cc1ccccc1N1Cc2cnc(NCC(=O)NC3CCN(CC(N)=O)CC3)nc2N(C)C1=O. The van der Waals surface area contributed by atoms with Gasteiger partial charge in [0.1, 0.15) is 5.82 Å². The minimum Gasteiger partial charge on any atom is -0.369 e. The zero-order valence-corrected chi connectivity index (χ0v) is 19.5. The number of hydrogen-bond donors (Lipinski definition) is 3. The van der Waals surface area contributed by atoms with Crippen molar-refractivity contribution >= 4 is 35.3 Å². The molecule has 1 fully saturated rings. The summed E-state index contributed by atoms with van der Waals surface area (Å²) in [5, 5.41) is 5.95. The molecule has 4 N–H and O–H groups in total. The van der Waals surface area contributed by atoms with Crippen LogP contribution in [0.4, 0.5) is 22.2 Å². The van der Waals surface area contributed by atoms with Gasteiger partial charge in [-0.2, -0.15) is 4.98 Å². The molecule has 0 bridgehead atoms. The maximum absolute atomic E-state index is 13.0. The number of piperidine rings is 1. The summed E-state index contributed by atoms with van der Waals surface area (Å²) in [7, 11) is 1.68. The summed E-state index contributed by atoms with van der Waals surface area (Å²) in [5.74, 6) is 0.306. The number of aromatic nitrogens is 2. The highest BCUT2D eigenvalue weighted by Gasteiger charge is 2.31. The van der Waals surface area contributed by atoms with Crippen LogP contribution in [-0.4, -0.2) is 72.0 Å². The molecular formula is C23H30N8O3. The number of hydrogen-bond acceptors (Lipinski definition) is 7. The molecule has 180 valence electrons. The lowest BCUT2D eigenvalue weighted by molar-refractivity contribution is -0.121. The Kier molecular flexibility index (Phi) is 6.92. The van der Waals surface area contributed by atoms with Gasteiger partial charge < -0.3 is 16.4 Å². The smallest absolute Gasteiger partial charge is 0.330 e. The minimum atomic E-state index is -0.341. The van der Waals surface area contributed by atoms with Crippen molar-refractivity contribution in [3.63, 3.8) is 0 Å². The van der Waals surface area contributed by atoms with Crippen LogP contribution in [0.1, 0.15) is 24.0 Å². The zero-order chi connectivity index (χ0) is 24.2. The number of urea groups is 1. The molecule has 4 rings (SSSR count). The van der Waals surface area contributed by atoms with Gasteiger partial charge in [0, 0.05) is 43.6 Å². The number of primary amides is 1. The van der Waals surface area contributed by atoms with Crippen LogP contribution in [0.3, 0.4) is 0 Å². The number of nitrogens with one attached hydrogen (secondary N) is 2. The van der Waals surface area contributed by atoms with Crippen LogP contribution < -0.4 is 26.2 Å². The molecule has 0 saturated carbocycles. The molecule has 34 heavy (non-hydrogen) atoms. The average molecular weight is 467 g/mol. The molecule has 3 heterocycles. The lowest BCUT2D eigenvalue weighted by atomic mass is 10.1. The van der Waals surface area contributed by atoms with E-state index < -0.39 is 0 Å². The van der Waals surface area contributed by atoms with Crippen LogP contribution in [0.5, 0.6) is 0 Å². The van der Waals surface area contributed by atoms with Crippen molar-refractivity contribution in [3.8, 4) is 0 Å². The highest BCUT2D eigenvalue weighted by molar-refractivity contribution is 6.05. The molecule has 0 aliphatic carbocycles. The van der Waals surface area contributed by atoms with Crippen LogP contribution in [0, 0.1) is 6.92 Å². The second-order valence-electron chi connectivity index (χ2n) is 8.69. The summed E-state index contributed by atoms with van der Waals surface area (Å²) >= 11 is 0. The van der Waals surface area contributed by atoms with E-state index in [9.17, 15) is 14.4 Å². The highest BCUT2D eigenvalue weighted by atomic mass is 16.2. The number of nitrogens with zero attached hydrogens (tertiary/aromatic N) is 5. The van der Waals surface area contributed by atoms with Gasteiger partial charge in [-0.25, -0.2) is 9.78 Å². The number of carbonyl (C=O) groups is 3. The van der Waals surface area contributed by atoms with Crippen LogP contribution in [0.15, 0.2) is 30.5 Å². The number of para-hydroxylation sites is 1. The van der Waals surface area contributed by atoms with Crippen molar-refractivity contribution < 1.29 is 14.4 Å². The standard InChI is InChI=1S/C23H30N8O3/c1-15-5-3-4-6-18(15)31-13-16-11-25-22(28-21(16)29(2)23(31)34)26-12-20(33)27-17-7-9-30(10-8-17)14-19(24)32/h3-6,11,17H,7-10,12-14H2,1-2H3,(H2,24,32)(H,27,33)(H,25,26,28). The summed E-state index contributed by atoms with van der Waals surface area (Å²) in [6.45, 7) is 4.05. The van der Waals surface area contributed by atoms with Gasteiger partial charge in [-0.15, -0.1) is 0 Å². The summed E-state index contributed by atoms with van der Waals surface area (Å²) in [6.07, 6.45) is 3.21. The van der Waals surface area contributed by atoms with Crippen molar-refractivity contribution in [1.82, 2.24) is 20.2 Å². The van der Waals surface area contributed by atoms with E-state index in [0.717, 1.165) is 42.7 Å². The van der Waals surface area contributed by atoms with E-state index in [2.05, 4.69) is 20.6 Å². The average Bonchev–Trinajstić information content (AvgIpc) is 2.81. The Morgan fingerprint density at radius 1 is 1.21 bits per heavy atom. The molecule has 11 heteroatoms. The third kappa shape index (κ3) is 5.25. The lowest BCUT2D eigenvalue weighted by Gasteiger charge is -2.34. The fourth-order valence-electron chi connectivity index (χ4n) is 4.34. The minimum absolute atomic E-state index is 0.0211. The van der Waals surface area contributed by atoms with E-state index in [1.54, 1.807) is 18.1 Å². The summed E-state index contributed by atoms with van der Waals surface area (Å²) in [4.78, 5) is 50.4. The number of carbonyl (C=O) groups excluding carboxylic acids is 3. The fourth-order valence-corrected chi connectivity index (χ4v) is 4.34. The number of anilines is 3. The summed E-state index contributed by atoms with van der Waals surface area (Å²) in [6, 6.07) is 7.62. The first-order valence-corrected chi connectivity index (χ1v) is 11.3. The molecule has 11 nitrogen and oxygen atoms in total. The number of likely N-dealkylation sites (tertiary alicyclic amines) is 1. The number of rotatable bonds is 7. The van der Waals surface area contributed by atoms with Gasteiger partial charge >= 0.3 is 6.03 Å². The Bertz CT molecular complexity index is 1080. The largest absolute Gasteiger partial charge is 0.369 e. The van der Waals surface area contributed by atoms with Crippen molar-refractivity contribution in [2.75, 3.05) is 48.3 Å². The number of amides is 4. The van der Waals surface area contributed by atoms with Crippen LogP contribution >= 0.6 is 0 Å². The molecule has 1 aromatic carbocycles. The number of benzene rings is 1. The number of fused-ring (bicyclic) bond motifs is 1. The Morgan fingerprint density at radius 2 is 1.94 bits per heavy atom. The van der Waals surface area contributed by atoms with Crippen molar-refractivity contribution in [1.29, 1.82) is 0 Å². The molecular weight excluding hydrogens is 436 g/mol. The van der Waals surface area contributed by atoms with Gasteiger partial charge in [0.25, 0.3) is 0 Å². The molecule has 1 aromatic heterocycles. The Labute approximate surface area is 198 Å². The summed E-state index contributed by atoms with van der Waals surface area (Å²) in [5.41, 5.74) is 7.92.